The van der Waals surface area contributed by atoms with Gasteiger partial charge in [-0.3, -0.25) is 14.2 Å². The molecule has 9 nitrogen and oxygen atoms in total. The summed E-state index contributed by atoms with van der Waals surface area (Å²) in [6.45, 7) is 1.64. The van der Waals surface area contributed by atoms with Gasteiger partial charge in [0.15, 0.2) is 5.22 Å². The van der Waals surface area contributed by atoms with Crippen LogP contribution in [0, 0.1) is 0 Å². The van der Waals surface area contributed by atoms with Crippen molar-refractivity contribution in [3.8, 4) is 0 Å². The fourth-order valence-electron chi connectivity index (χ4n) is 3.41. The maximum atomic E-state index is 13.4. The van der Waals surface area contributed by atoms with Crippen LogP contribution in [0.2, 0.25) is 10.0 Å². The van der Waals surface area contributed by atoms with Crippen molar-refractivity contribution in [2.75, 3.05) is 12.5 Å². The molecule has 0 bridgehead atoms. The van der Waals surface area contributed by atoms with Crippen LogP contribution >= 0.6 is 39.1 Å². The van der Waals surface area contributed by atoms with E-state index in [1.807, 2.05) is 0 Å². The van der Waals surface area contributed by atoms with Crippen molar-refractivity contribution >= 4 is 57.1 Å². The number of benzene rings is 1. The molecule has 1 atom stereocenters. The van der Waals surface area contributed by atoms with Gasteiger partial charge in [0.05, 0.1) is 19.2 Å². The van der Waals surface area contributed by atoms with E-state index < -0.39 is 32.6 Å². The summed E-state index contributed by atoms with van der Waals surface area (Å²) in [5.74, 6) is -1.08. The Bertz CT molecular complexity index is 1360. The third kappa shape index (κ3) is 4.14. The van der Waals surface area contributed by atoms with Crippen molar-refractivity contribution in [3.05, 3.63) is 64.7 Å². The Morgan fingerprint density at radius 3 is 2.50 bits per heavy atom. The van der Waals surface area contributed by atoms with Crippen molar-refractivity contribution in [1.82, 2.24) is 14.6 Å². The van der Waals surface area contributed by atoms with Gasteiger partial charge >= 0.3 is 5.97 Å². The number of aliphatic hydroxyl groups is 1. The summed E-state index contributed by atoms with van der Waals surface area (Å²) in [6.07, 6.45) is 3.33. The highest BCUT2D eigenvalue weighted by Gasteiger charge is 2.29. The Morgan fingerprint density at radius 1 is 1.31 bits per heavy atom. The van der Waals surface area contributed by atoms with Gasteiger partial charge in [-0.2, -0.15) is 0 Å². The molecule has 2 aliphatic rings. The predicted octanol–water partition coefficient (Wildman–Crippen LogP) is 0.976. The molecule has 1 unspecified atom stereocenters. The topological polar surface area (TPSA) is 115 Å². The SMILES string of the molecule is COC(=O)c1cc(Cl)c(Cn2c(=O)c(=C(O)NC3CC3)c(=O)n3c2=CC(C)(Br)N3)c(Cl)c1. The number of nitrogens with zero attached hydrogens (tertiary/aromatic N) is 2. The van der Waals surface area contributed by atoms with E-state index in [9.17, 15) is 19.5 Å². The van der Waals surface area contributed by atoms with E-state index in [1.165, 1.54) is 28.5 Å². The fraction of sp³-hybridized carbons (Fsp3) is 0.350. The number of halogens is 3. The first-order valence-electron chi connectivity index (χ1n) is 9.64. The summed E-state index contributed by atoms with van der Waals surface area (Å²) in [6, 6.07) is 2.81. The molecule has 1 saturated carbocycles. The smallest absolute Gasteiger partial charge is 0.337 e. The number of alkyl halides is 1. The number of methoxy groups -OCH3 is 1. The maximum absolute atomic E-state index is 13.4. The lowest BCUT2D eigenvalue weighted by Gasteiger charge is -2.16. The van der Waals surface area contributed by atoms with Crippen LogP contribution in [-0.4, -0.2) is 37.9 Å². The molecule has 0 radical (unpaired) electrons. The third-order valence-electron chi connectivity index (χ3n) is 5.15. The van der Waals surface area contributed by atoms with Crippen LogP contribution in [0.15, 0.2) is 21.7 Å². The number of esters is 1. The van der Waals surface area contributed by atoms with Crippen LogP contribution in [0.4, 0.5) is 0 Å². The number of rotatable bonds is 5. The van der Waals surface area contributed by atoms with Gasteiger partial charge in [-0.05, 0) is 38.0 Å². The Balaban J connectivity index is 1.94. The molecule has 32 heavy (non-hydrogen) atoms. The van der Waals surface area contributed by atoms with Crippen molar-refractivity contribution in [1.29, 1.82) is 0 Å². The standard InChI is InChI=1S/C20H19BrCl2N4O5/c1-20(21)7-14-26(8-11-12(22)5-9(6-13(11)23)19(31)32-2)17(29)15(18(30)27(14)25-20)16(28)24-10-3-4-10/h5-7,10,24-25,28H,3-4,8H2,1-2H3. The molecule has 2 aromatic rings. The molecule has 2 heterocycles. The summed E-state index contributed by atoms with van der Waals surface area (Å²) in [7, 11) is 1.24. The highest BCUT2D eigenvalue weighted by Crippen LogP contribution is 2.27. The second-order valence-corrected chi connectivity index (χ2v) is 10.2. The minimum atomic E-state index is -0.812. The molecular weight excluding hydrogens is 527 g/mol. The van der Waals surface area contributed by atoms with E-state index in [1.54, 1.807) is 13.0 Å². The summed E-state index contributed by atoms with van der Waals surface area (Å²) in [4.78, 5) is 38.2. The van der Waals surface area contributed by atoms with Crippen LogP contribution < -0.4 is 32.6 Å². The van der Waals surface area contributed by atoms with Crippen LogP contribution in [0.25, 0.3) is 12.0 Å². The number of fused-ring (bicyclic) bond motifs is 1. The zero-order chi connectivity index (χ0) is 23.4. The normalized spacial score (nSPS) is 20.2. The average Bonchev–Trinajstić information content (AvgIpc) is 3.46. The molecule has 1 aliphatic heterocycles. The third-order valence-corrected chi connectivity index (χ3v) is 6.23. The maximum Gasteiger partial charge on any atom is 0.337 e. The van der Waals surface area contributed by atoms with E-state index in [4.69, 9.17) is 27.9 Å². The number of carbonyl (C=O) groups is 1. The van der Waals surface area contributed by atoms with Crippen molar-refractivity contribution in [2.24, 2.45) is 0 Å². The van der Waals surface area contributed by atoms with Crippen LogP contribution in [0.1, 0.15) is 35.7 Å². The largest absolute Gasteiger partial charge is 0.494 e. The molecule has 1 aromatic carbocycles. The minimum Gasteiger partial charge on any atom is -0.494 e. The highest BCUT2D eigenvalue weighted by atomic mass is 79.9. The molecule has 1 fully saturated rings. The molecule has 1 aromatic heterocycles. The zero-order valence-electron chi connectivity index (χ0n) is 17.0. The first kappa shape index (κ1) is 22.8. The van der Waals surface area contributed by atoms with Crippen molar-refractivity contribution in [3.63, 3.8) is 0 Å². The van der Waals surface area contributed by atoms with E-state index in [-0.39, 0.29) is 33.7 Å². The van der Waals surface area contributed by atoms with Crippen LogP contribution in [0.5, 0.6) is 0 Å². The number of hydrogen-bond donors (Lipinski definition) is 3. The van der Waals surface area contributed by atoms with Gasteiger partial charge in [0, 0.05) is 21.7 Å². The molecular formula is C20H19BrCl2N4O5. The van der Waals surface area contributed by atoms with Crippen molar-refractivity contribution < 1.29 is 14.6 Å². The molecule has 1 aliphatic carbocycles. The number of aromatic nitrogens is 2. The summed E-state index contributed by atoms with van der Waals surface area (Å²) < 4.78 is 6.35. The number of aliphatic hydroxyl groups excluding tert-OH is 1. The molecule has 0 amide bonds. The molecule has 4 rings (SSSR count). The summed E-state index contributed by atoms with van der Waals surface area (Å²) in [5, 5.41) is 13.2. The van der Waals surface area contributed by atoms with E-state index in [0.717, 1.165) is 12.8 Å². The predicted molar refractivity (Wildman–Crippen MR) is 124 cm³/mol. The van der Waals surface area contributed by atoms with E-state index in [0.29, 0.717) is 5.56 Å². The molecule has 170 valence electrons. The van der Waals surface area contributed by atoms with Gasteiger partial charge in [-0.25, -0.2) is 9.47 Å². The van der Waals surface area contributed by atoms with Gasteiger partial charge in [0.25, 0.3) is 11.1 Å². The molecule has 0 spiro atoms. The Labute approximate surface area is 200 Å². The van der Waals surface area contributed by atoms with Crippen LogP contribution in [0.3, 0.4) is 0 Å². The number of hydrogen-bond acceptors (Lipinski definition) is 7. The Kier molecular flexibility index (Phi) is 5.81. The number of ether oxygens (including phenoxy) is 1. The first-order chi connectivity index (χ1) is 15.0. The van der Waals surface area contributed by atoms with Gasteiger partial charge in [-0.15, -0.1) is 0 Å². The lowest BCUT2D eigenvalue weighted by Crippen LogP contribution is -2.60. The number of carbonyl (C=O) groups excluding carboxylic acids is 1. The highest BCUT2D eigenvalue weighted by molar-refractivity contribution is 9.10. The second-order valence-electron chi connectivity index (χ2n) is 7.77. The molecule has 12 heteroatoms. The summed E-state index contributed by atoms with van der Waals surface area (Å²) >= 11 is 16.2. The van der Waals surface area contributed by atoms with E-state index in [2.05, 4.69) is 26.7 Å². The monoisotopic (exact) mass is 544 g/mol. The van der Waals surface area contributed by atoms with Gasteiger partial charge in [-0.1, -0.05) is 39.1 Å². The second kappa shape index (κ2) is 8.17. The average molecular weight is 546 g/mol. The molecule has 3 N–H and O–H groups in total. The lowest BCUT2D eigenvalue weighted by atomic mass is 10.1. The van der Waals surface area contributed by atoms with Crippen molar-refractivity contribution in [2.45, 2.75) is 36.8 Å². The Morgan fingerprint density at radius 2 is 1.94 bits per heavy atom. The fourth-order valence-corrected chi connectivity index (χ4v) is 4.40. The van der Waals surface area contributed by atoms with Crippen LogP contribution in [-0.2, 0) is 11.3 Å². The lowest BCUT2D eigenvalue weighted by molar-refractivity contribution is 0.0600. The first-order valence-corrected chi connectivity index (χ1v) is 11.2. The number of nitrogens with one attached hydrogen (secondary N) is 2. The van der Waals surface area contributed by atoms with E-state index >= 15 is 0 Å². The van der Waals surface area contributed by atoms with Gasteiger partial charge in [0.2, 0.25) is 5.88 Å². The van der Waals surface area contributed by atoms with Gasteiger partial charge < -0.3 is 20.6 Å². The zero-order valence-corrected chi connectivity index (χ0v) is 20.1. The van der Waals surface area contributed by atoms with Gasteiger partial charge in [0.1, 0.15) is 9.93 Å². The Hall–Kier alpha value is -2.43. The molecule has 0 saturated heterocycles. The minimum absolute atomic E-state index is 0.0243. The summed E-state index contributed by atoms with van der Waals surface area (Å²) in [5.41, 5.74) is 2.33. The quantitative estimate of drug-likeness (QED) is 0.291.